The van der Waals surface area contributed by atoms with Gasteiger partial charge in [0.05, 0.1) is 28.4 Å². The van der Waals surface area contributed by atoms with Gasteiger partial charge in [0.1, 0.15) is 0 Å². The number of hydrogen-bond acceptors (Lipinski definition) is 4. The molecule has 2 rings (SSSR count). The lowest BCUT2D eigenvalue weighted by Crippen LogP contribution is -2.30. The van der Waals surface area contributed by atoms with E-state index in [1.165, 1.54) is 22.6 Å². The molecule has 1 heterocycles. The van der Waals surface area contributed by atoms with Crippen LogP contribution in [0, 0.1) is 11.3 Å². The molecular formula is C14H13N3O2S. The van der Waals surface area contributed by atoms with Crippen molar-refractivity contribution in [2.24, 2.45) is 0 Å². The Hall–Kier alpha value is -2.39. The van der Waals surface area contributed by atoms with E-state index in [-0.39, 0.29) is 11.4 Å². The third kappa shape index (κ3) is 2.63. The molecule has 102 valence electrons. The molecule has 0 aliphatic rings. The average molecular weight is 287 g/mol. The van der Waals surface area contributed by atoms with Gasteiger partial charge in [0.15, 0.2) is 0 Å². The molecule has 0 unspecified atom stereocenters. The summed E-state index contributed by atoms with van der Waals surface area (Å²) >= 11 is 0. The Balaban J connectivity index is 2.50. The van der Waals surface area contributed by atoms with Gasteiger partial charge in [0.2, 0.25) is 0 Å². The molecule has 0 bridgehead atoms. The Bertz CT molecular complexity index is 737. The second-order valence-corrected chi connectivity index (χ2v) is 5.88. The van der Waals surface area contributed by atoms with Gasteiger partial charge < -0.3 is 0 Å². The van der Waals surface area contributed by atoms with Crippen molar-refractivity contribution >= 4 is 15.7 Å². The van der Waals surface area contributed by atoms with Crippen LogP contribution in [0.2, 0.25) is 0 Å². The van der Waals surface area contributed by atoms with Crippen molar-refractivity contribution in [3.63, 3.8) is 0 Å². The number of sulfonamides is 1. The number of nitriles is 1. The third-order valence-electron chi connectivity index (χ3n) is 2.77. The predicted molar refractivity (Wildman–Crippen MR) is 75.6 cm³/mol. The highest BCUT2D eigenvalue weighted by molar-refractivity contribution is 7.92. The van der Waals surface area contributed by atoms with Crippen molar-refractivity contribution in [2.45, 2.75) is 11.8 Å². The molecule has 0 N–H and O–H groups in total. The minimum absolute atomic E-state index is 0.0993. The average Bonchev–Trinajstić information content (AvgIpc) is 2.49. The van der Waals surface area contributed by atoms with Crippen molar-refractivity contribution in [1.82, 2.24) is 4.98 Å². The molecule has 0 atom stereocenters. The van der Waals surface area contributed by atoms with Gasteiger partial charge in [-0.05, 0) is 37.3 Å². The molecule has 0 radical (unpaired) electrons. The van der Waals surface area contributed by atoms with Gasteiger partial charge in [-0.1, -0.05) is 6.07 Å². The number of aromatic nitrogens is 1. The zero-order valence-electron chi connectivity index (χ0n) is 10.9. The fourth-order valence-corrected chi connectivity index (χ4v) is 3.35. The van der Waals surface area contributed by atoms with Gasteiger partial charge in [0, 0.05) is 12.7 Å². The van der Waals surface area contributed by atoms with E-state index >= 15 is 0 Å². The van der Waals surface area contributed by atoms with Crippen LogP contribution < -0.4 is 4.31 Å². The molecule has 0 aliphatic heterocycles. The van der Waals surface area contributed by atoms with Crippen molar-refractivity contribution in [3.8, 4) is 6.07 Å². The quantitative estimate of drug-likeness (QED) is 0.863. The first-order chi connectivity index (χ1) is 9.59. The highest BCUT2D eigenvalue weighted by Gasteiger charge is 2.23. The molecule has 6 heteroatoms. The summed E-state index contributed by atoms with van der Waals surface area (Å²) < 4.78 is 26.5. The van der Waals surface area contributed by atoms with Crippen molar-refractivity contribution in [3.05, 3.63) is 54.4 Å². The first-order valence-corrected chi connectivity index (χ1v) is 7.46. The first kappa shape index (κ1) is 14.0. The molecule has 0 spiro atoms. The maximum Gasteiger partial charge on any atom is 0.264 e. The summed E-state index contributed by atoms with van der Waals surface area (Å²) in [5, 5.41) is 8.87. The summed E-state index contributed by atoms with van der Waals surface area (Å²) in [6.07, 6.45) is 3.08. The van der Waals surface area contributed by atoms with E-state index in [0.29, 0.717) is 11.3 Å². The molecule has 0 saturated carbocycles. The van der Waals surface area contributed by atoms with E-state index < -0.39 is 10.0 Å². The second kappa shape index (κ2) is 5.72. The number of pyridine rings is 1. The van der Waals surface area contributed by atoms with Crippen molar-refractivity contribution < 1.29 is 8.42 Å². The van der Waals surface area contributed by atoms with E-state index in [0.717, 1.165) is 0 Å². The maximum absolute atomic E-state index is 12.6. The van der Waals surface area contributed by atoms with Gasteiger partial charge in [-0.25, -0.2) is 8.42 Å². The molecule has 0 fully saturated rings. The van der Waals surface area contributed by atoms with Crippen LogP contribution in [0.4, 0.5) is 5.69 Å². The van der Waals surface area contributed by atoms with Crippen molar-refractivity contribution in [2.75, 3.05) is 10.8 Å². The van der Waals surface area contributed by atoms with Crippen molar-refractivity contribution in [1.29, 1.82) is 5.26 Å². The first-order valence-electron chi connectivity index (χ1n) is 6.02. The lowest BCUT2D eigenvalue weighted by molar-refractivity contribution is 0.592. The standard InChI is InChI=1S/C14H13N3O2S/c1-2-17(13-6-4-8-16-11-13)20(18,19)14-7-3-5-12(9-14)10-15/h3-9,11H,2H2,1H3. The fraction of sp³-hybridized carbons (Fsp3) is 0.143. The lowest BCUT2D eigenvalue weighted by atomic mass is 10.2. The number of nitrogens with zero attached hydrogens (tertiary/aromatic N) is 3. The zero-order chi connectivity index (χ0) is 14.6. The van der Waals surface area contributed by atoms with Crippen LogP contribution in [0.5, 0.6) is 0 Å². The SMILES string of the molecule is CCN(c1cccnc1)S(=O)(=O)c1cccc(C#N)c1. The molecule has 5 nitrogen and oxygen atoms in total. The van der Waals surface area contributed by atoms with E-state index in [4.69, 9.17) is 5.26 Å². The smallest absolute Gasteiger partial charge is 0.264 e. The Kier molecular flexibility index (Phi) is 4.01. The van der Waals surface area contributed by atoms with E-state index in [1.807, 2.05) is 6.07 Å². The predicted octanol–water partition coefficient (Wildman–Crippen LogP) is 2.17. The van der Waals surface area contributed by atoms with E-state index in [9.17, 15) is 8.42 Å². The topological polar surface area (TPSA) is 74.1 Å². The van der Waals surface area contributed by atoms with Crippen LogP contribution in [-0.2, 0) is 10.0 Å². The molecular weight excluding hydrogens is 274 g/mol. The summed E-state index contributed by atoms with van der Waals surface area (Å²) in [6, 6.07) is 11.3. The molecule has 1 aromatic carbocycles. The number of anilines is 1. The summed E-state index contributed by atoms with van der Waals surface area (Å²) in [7, 11) is -3.69. The van der Waals surface area contributed by atoms with E-state index in [2.05, 4.69) is 4.98 Å². The Labute approximate surface area is 118 Å². The minimum atomic E-state index is -3.69. The monoisotopic (exact) mass is 287 g/mol. The summed E-state index contributed by atoms with van der Waals surface area (Å²) in [5.41, 5.74) is 0.811. The Morgan fingerprint density at radius 3 is 2.70 bits per heavy atom. The molecule has 0 saturated heterocycles. The van der Waals surface area contributed by atoms with E-state index in [1.54, 1.807) is 37.4 Å². The minimum Gasteiger partial charge on any atom is -0.265 e. The third-order valence-corrected chi connectivity index (χ3v) is 4.67. The van der Waals surface area contributed by atoms with Gasteiger partial charge >= 0.3 is 0 Å². The summed E-state index contributed by atoms with van der Waals surface area (Å²) in [6.45, 7) is 2.03. The maximum atomic E-state index is 12.6. The number of rotatable bonds is 4. The van der Waals surface area contributed by atoms with Gasteiger partial charge in [-0.2, -0.15) is 5.26 Å². The van der Waals surface area contributed by atoms with Gasteiger partial charge in [-0.3, -0.25) is 9.29 Å². The largest absolute Gasteiger partial charge is 0.265 e. The van der Waals surface area contributed by atoms with Crippen LogP contribution in [-0.4, -0.2) is 19.9 Å². The van der Waals surface area contributed by atoms with Gasteiger partial charge in [-0.15, -0.1) is 0 Å². The summed E-state index contributed by atoms with van der Waals surface area (Å²) in [4.78, 5) is 4.04. The van der Waals surface area contributed by atoms with Crippen LogP contribution >= 0.6 is 0 Å². The molecule has 0 amide bonds. The Morgan fingerprint density at radius 2 is 2.10 bits per heavy atom. The van der Waals surface area contributed by atoms with Crippen LogP contribution in [0.3, 0.4) is 0 Å². The normalized spacial score (nSPS) is 10.8. The molecule has 20 heavy (non-hydrogen) atoms. The lowest BCUT2D eigenvalue weighted by Gasteiger charge is -2.22. The number of benzene rings is 1. The highest BCUT2D eigenvalue weighted by Crippen LogP contribution is 2.22. The van der Waals surface area contributed by atoms with Crippen LogP contribution in [0.15, 0.2) is 53.7 Å². The fourth-order valence-electron chi connectivity index (χ4n) is 1.85. The Morgan fingerprint density at radius 1 is 1.30 bits per heavy atom. The zero-order valence-corrected chi connectivity index (χ0v) is 11.7. The van der Waals surface area contributed by atoms with Crippen LogP contribution in [0.1, 0.15) is 12.5 Å². The van der Waals surface area contributed by atoms with Crippen LogP contribution in [0.25, 0.3) is 0 Å². The molecule has 1 aromatic heterocycles. The summed E-state index contributed by atoms with van der Waals surface area (Å²) in [5.74, 6) is 0. The molecule has 0 aliphatic carbocycles. The van der Waals surface area contributed by atoms with Gasteiger partial charge in [0.25, 0.3) is 10.0 Å². The highest BCUT2D eigenvalue weighted by atomic mass is 32.2. The number of hydrogen-bond donors (Lipinski definition) is 0. The molecule has 2 aromatic rings. The second-order valence-electron chi connectivity index (χ2n) is 4.02.